The summed E-state index contributed by atoms with van der Waals surface area (Å²) < 4.78 is 46.1. The van der Waals surface area contributed by atoms with Crippen LogP contribution in [0.5, 0.6) is 0 Å². The van der Waals surface area contributed by atoms with Crippen molar-refractivity contribution in [2.45, 2.75) is 25.9 Å². The SMILES string of the molecule is C\C(=C/C=C\N=C\C1CC1)n1c(=O)c2ncoc2c2ccc(C(F)(F)F)cc21. The van der Waals surface area contributed by atoms with Crippen molar-refractivity contribution in [3.8, 4) is 0 Å². The van der Waals surface area contributed by atoms with E-state index >= 15 is 0 Å². The van der Waals surface area contributed by atoms with Gasteiger partial charge in [-0.3, -0.25) is 14.4 Å². The predicted octanol–water partition coefficient (Wildman–Crippen LogP) is 5.02. The third-order valence-corrected chi connectivity index (χ3v) is 4.56. The first kappa shape index (κ1) is 18.2. The van der Waals surface area contributed by atoms with Gasteiger partial charge in [-0.2, -0.15) is 13.2 Å². The zero-order valence-corrected chi connectivity index (χ0v) is 14.9. The number of pyridine rings is 1. The Kier molecular flexibility index (Phi) is 4.41. The molecule has 0 spiro atoms. The van der Waals surface area contributed by atoms with Crippen LogP contribution in [0.15, 0.2) is 57.1 Å². The van der Waals surface area contributed by atoms with Gasteiger partial charge in [0.05, 0.1) is 11.1 Å². The number of aromatic nitrogens is 2. The number of benzene rings is 1. The van der Waals surface area contributed by atoms with Gasteiger partial charge >= 0.3 is 6.18 Å². The maximum absolute atomic E-state index is 13.2. The Morgan fingerprint density at radius 2 is 2.14 bits per heavy atom. The fourth-order valence-electron chi connectivity index (χ4n) is 2.96. The molecule has 8 heteroatoms. The molecule has 0 radical (unpaired) electrons. The monoisotopic (exact) mass is 387 g/mol. The van der Waals surface area contributed by atoms with Gasteiger partial charge in [0.1, 0.15) is 0 Å². The van der Waals surface area contributed by atoms with Crippen LogP contribution < -0.4 is 5.56 Å². The molecule has 1 fully saturated rings. The fourth-order valence-corrected chi connectivity index (χ4v) is 2.96. The van der Waals surface area contributed by atoms with Crippen LogP contribution in [0.4, 0.5) is 13.2 Å². The van der Waals surface area contributed by atoms with Crippen molar-refractivity contribution in [3.05, 3.63) is 58.9 Å². The quantitative estimate of drug-likeness (QED) is 0.467. The molecule has 0 bridgehead atoms. The van der Waals surface area contributed by atoms with E-state index in [0.29, 0.717) is 17.0 Å². The molecule has 0 N–H and O–H groups in total. The van der Waals surface area contributed by atoms with E-state index in [1.54, 1.807) is 25.3 Å². The molecule has 1 aliphatic rings. The lowest BCUT2D eigenvalue weighted by molar-refractivity contribution is -0.137. The van der Waals surface area contributed by atoms with Crippen molar-refractivity contribution >= 4 is 33.9 Å². The highest BCUT2D eigenvalue weighted by molar-refractivity contribution is 6.02. The zero-order valence-electron chi connectivity index (χ0n) is 14.9. The van der Waals surface area contributed by atoms with Crippen molar-refractivity contribution in [1.29, 1.82) is 0 Å². The highest BCUT2D eigenvalue weighted by atomic mass is 19.4. The lowest BCUT2D eigenvalue weighted by atomic mass is 10.1. The third kappa shape index (κ3) is 3.37. The minimum atomic E-state index is -4.53. The van der Waals surface area contributed by atoms with Gasteiger partial charge in [-0.25, -0.2) is 4.98 Å². The first-order valence-corrected chi connectivity index (χ1v) is 8.72. The second-order valence-electron chi connectivity index (χ2n) is 6.69. The van der Waals surface area contributed by atoms with E-state index in [2.05, 4.69) is 9.98 Å². The molecule has 0 atom stereocenters. The molecule has 0 aliphatic heterocycles. The molecule has 0 unspecified atom stereocenters. The van der Waals surface area contributed by atoms with Crippen LogP contribution in [0, 0.1) is 5.92 Å². The average molecular weight is 387 g/mol. The second kappa shape index (κ2) is 6.78. The number of oxazole rings is 1. The molecule has 1 aliphatic carbocycles. The summed E-state index contributed by atoms with van der Waals surface area (Å²) in [5.74, 6) is 0.539. The second-order valence-corrected chi connectivity index (χ2v) is 6.69. The molecular weight excluding hydrogens is 371 g/mol. The van der Waals surface area contributed by atoms with Gasteiger partial charge in [-0.1, -0.05) is 0 Å². The number of allylic oxidation sites excluding steroid dienone is 3. The number of halogens is 3. The lowest BCUT2D eigenvalue weighted by Crippen LogP contribution is -2.20. The summed E-state index contributed by atoms with van der Waals surface area (Å²) in [6.45, 7) is 1.64. The van der Waals surface area contributed by atoms with E-state index in [1.807, 2.05) is 6.21 Å². The Morgan fingerprint density at radius 1 is 1.36 bits per heavy atom. The maximum Gasteiger partial charge on any atom is 0.416 e. The normalized spacial score (nSPS) is 16.2. The Labute approximate surface area is 157 Å². The molecular formula is C20H16F3N3O2. The van der Waals surface area contributed by atoms with Gasteiger partial charge in [-0.15, -0.1) is 0 Å². The van der Waals surface area contributed by atoms with Crippen molar-refractivity contribution in [1.82, 2.24) is 9.55 Å². The molecule has 0 amide bonds. The van der Waals surface area contributed by atoms with E-state index in [1.165, 1.54) is 10.6 Å². The van der Waals surface area contributed by atoms with Gasteiger partial charge in [0.25, 0.3) is 5.56 Å². The Bertz CT molecular complexity index is 1200. The lowest BCUT2D eigenvalue weighted by Gasteiger charge is -2.13. The molecule has 4 rings (SSSR count). The molecule has 2 heterocycles. The fraction of sp³-hybridized carbons (Fsp3) is 0.250. The van der Waals surface area contributed by atoms with E-state index in [0.717, 1.165) is 31.4 Å². The number of fused-ring (bicyclic) bond motifs is 3. The number of rotatable bonds is 4. The summed E-state index contributed by atoms with van der Waals surface area (Å²) >= 11 is 0. The largest absolute Gasteiger partial charge is 0.443 e. The van der Waals surface area contributed by atoms with Gasteiger partial charge in [0.15, 0.2) is 17.5 Å². The first-order chi connectivity index (χ1) is 13.4. The van der Waals surface area contributed by atoms with Crippen LogP contribution in [0.1, 0.15) is 25.3 Å². The molecule has 3 aromatic rings. The molecule has 1 aromatic carbocycles. The molecule has 5 nitrogen and oxygen atoms in total. The number of alkyl halides is 3. The summed E-state index contributed by atoms with van der Waals surface area (Å²) in [6.07, 6.45) is 5.59. The van der Waals surface area contributed by atoms with Crippen molar-refractivity contribution in [3.63, 3.8) is 0 Å². The molecule has 1 saturated carbocycles. The zero-order chi connectivity index (χ0) is 19.9. The van der Waals surface area contributed by atoms with E-state index in [4.69, 9.17) is 4.42 Å². The molecule has 0 saturated heterocycles. The van der Waals surface area contributed by atoms with Gasteiger partial charge in [-0.05, 0) is 56.0 Å². The van der Waals surface area contributed by atoms with Crippen molar-refractivity contribution in [2.75, 3.05) is 0 Å². The number of aliphatic imine (C=N–C) groups is 1. The standard InChI is InChI=1S/C20H16F3N3O2/c1-12(3-2-8-24-10-13-4-5-13)26-16-9-14(20(21,22)23)6-7-15(16)18-17(19(26)27)25-11-28-18/h2-3,6-11,13H,4-5H2,1H3/b8-2-,12-3+,24-10+. The Balaban J connectivity index is 1.88. The predicted molar refractivity (Wildman–Crippen MR) is 101 cm³/mol. The Morgan fingerprint density at radius 3 is 2.86 bits per heavy atom. The number of hydrogen-bond acceptors (Lipinski definition) is 4. The van der Waals surface area contributed by atoms with Crippen LogP contribution >= 0.6 is 0 Å². The summed E-state index contributed by atoms with van der Waals surface area (Å²) in [5, 5.41) is 0.378. The third-order valence-electron chi connectivity index (χ3n) is 4.56. The summed E-state index contributed by atoms with van der Waals surface area (Å²) in [4.78, 5) is 20.9. The maximum atomic E-state index is 13.2. The number of nitrogens with zero attached hydrogens (tertiary/aromatic N) is 3. The van der Waals surface area contributed by atoms with Crippen molar-refractivity contribution in [2.24, 2.45) is 10.9 Å². The highest BCUT2D eigenvalue weighted by Gasteiger charge is 2.31. The summed E-state index contributed by atoms with van der Waals surface area (Å²) in [7, 11) is 0. The minimum absolute atomic E-state index is 0.0655. The summed E-state index contributed by atoms with van der Waals surface area (Å²) in [6, 6.07) is 3.21. The van der Waals surface area contributed by atoms with Crippen LogP contribution in [-0.2, 0) is 6.18 Å². The van der Waals surface area contributed by atoms with Crippen molar-refractivity contribution < 1.29 is 17.6 Å². The van der Waals surface area contributed by atoms with Crippen LogP contribution in [0.25, 0.3) is 27.7 Å². The van der Waals surface area contributed by atoms with Gasteiger partial charge < -0.3 is 4.42 Å². The smallest absolute Gasteiger partial charge is 0.416 e. The van der Waals surface area contributed by atoms with E-state index in [-0.39, 0.29) is 16.6 Å². The number of hydrogen-bond donors (Lipinski definition) is 0. The summed E-state index contributed by atoms with van der Waals surface area (Å²) in [5.41, 5.74) is -0.605. The van der Waals surface area contributed by atoms with Gasteiger partial charge in [0.2, 0.25) is 0 Å². The van der Waals surface area contributed by atoms with Crippen LogP contribution in [0.3, 0.4) is 0 Å². The molecule has 144 valence electrons. The highest BCUT2D eigenvalue weighted by Crippen LogP contribution is 2.33. The van der Waals surface area contributed by atoms with E-state index < -0.39 is 17.3 Å². The molecule has 28 heavy (non-hydrogen) atoms. The first-order valence-electron chi connectivity index (χ1n) is 8.72. The Hall–Kier alpha value is -3.16. The topological polar surface area (TPSA) is 60.4 Å². The minimum Gasteiger partial charge on any atom is -0.443 e. The average Bonchev–Trinajstić information content (AvgIpc) is 3.33. The van der Waals surface area contributed by atoms with E-state index in [9.17, 15) is 18.0 Å². The van der Waals surface area contributed by atoms with Gasteiger partial charge in [0, 0.05) is 23.5 Å². The molecule has 2 aromatic heterocycles. The van der Waals surface area contributed by atoms with Crippen LogP contribution in [-0.4, -0.2) is 15.8 Å². The van der Waals surface area contributed by atoms with Crippen LogP contribution in [0.2, 0.25) is 0 Å².